The molecule has 1 N–H and O–H groups in total. The van der Waals surface area contributed by atoms with E-state index in [0.717, 1.165) is 32.5 Å². The molecule has 0 saturated carbocycles. The van der Waals surface area contributed by atoms with E-state index >= 15 is 0 Å². The van der Waals surface area contributed by atoms with E-state index in [0.29, 0.717) is 5.56 Å². The van der Waals surface area contributed by atoms with Crippen LogP contribution in [0.1, 0.15) is 25.3 Å². The van der Waals surface area contributed by atoms with Gasteiger partial charge in [-0.3, -0.25) is 14.9 Å². The number of nitrogens with one attached hydrogen (secondary N) is 1. The highest BCUT2D eigenvalue weighted by molar-refractivity contribution is 6.31. The van der Waals surface area contributed by atoms with Crippen molar-refractivity contribution in [1.82, 2.24) is 10.2 Å². The van der Waals surface area contributed by atoms with Crippen LogP contribution >= 0.6 is 11.6 Å². The van der Waals surface area contributed by atoms with Gasteiger partial charge in [0.25, 0.3) is 5.69 Å². The molecule has 1 fully saturated rings. The van der Waals surface area contributed by atoms with Gasteiger partial charge in [0.2, 0.25) is 5.91 Å². The zero-order chi connectivity index (χ0) is 16.1. The third-order valence-corrected chi connectivity index (χ3v) is 4.20. The van der Waals surface area contributed by atoms with E-state index in [-0.39, 0.29) is 29.1 Å². The van der Waals surface area contributed by atoms with E-state index in [2.05, 4.69) is 5.32 Å². The normalized spacial score (nSPS) is 17.5. The van der Waals surface area contributed by atoms with Crippen LogP contribution in [0, 0.1) is 10.1 Å². The maximum atomic E-state index is 12.6. The third kappa shape index (κ3) is 3.96. The Labute approximate surface area is 134 Å². The van der Waals surface area contributed by atoms with Gasteiger partial charge < -0.3 is 10.2 Å². The minimum atomic E-state index is -0.495. The number of rotatable bonds is 6. The van der Waals surface area contributed by atoms with E-state index in [1.54, 1.807) is 6.07 Å². The summed E-state index contributed by atoms with van der Waals surface area (Å²) in [6.45, 7) is 4.51. The van der Waals surface area contributed by atoms with Crippen molar-refractivity contribution in [2.75, 3.05) is 19.6 Å². The van der Waals surface area contributed by atoms with Crippen LogP contribution in [-0.4, -0.2) is 41.4 Å². The summed E-state index contributed by atoms with van der Waals surface area (Å²) >= 11 is 6.07. The lowest BCUT2D eigenvalue weighted by Crippen LogP contribution is -2.42. The maximum Gasteiger partial charge on any atom is 0.270 e. The highest BCUT2D eigenvalue weighted by Gasteiger charge is 2.26. The van der Waals surface area contributed by atoms with Crippen molar-refractivity contribution >= 4 is 23.2 Å². The van der Waals surface area contributed by atoms with Crippen molar-refractivity contribution in [3.63, 3.8) is 0 Å². The monoisotopic (exact) mass is 325 g/mol. The Morgan fingerprint density at radius 1 is 1.55 bits per heavy atom. The van der Waals surface area contributed by atoms with Crippen LogP contribution in [0.3, 0.4) is 0 Å². The number of nitro groups is 1. The number of hydrogen-bond donors (Lipinski definition) is 1. The fraction of sp³-hybridized carbons (Fsp3) is 0.533. The van der Waals surface area contributed by atoms with E-state index in [1.807, 2.05) is 11.8 Å². The molecule has 0 radical (unpaired) electrons. The maximum absolute atomic E-state index is 12.6. The molecule has 120 valence electrons. The highest BCUT2D eigenvalue weighted by atomic mass is 35.5. The first-order chi connectivity index (χ1) is 10.5. The fourth-order valence-corrected chi connectivity index (χ4v) is 2.96. The fourth-order valence-electron chi connectivity index (χ4n) is 2.71. The van der Waals surface area contributed by atoms with E-state index in [1.165, 1.54) is 12.1 Å². The molecule has 1 aliphatic rings. The summed E-state index contributed by atoms with van der Waals surface area (Å²) in [6.07, 6.45) is 2.03. The van der Waals surface area contributed by atoms with Gasteiger partial charge in [-0.15, -0.1) is 0 Å². The molecule has 0 spiro atoms. The predicted molar refractivity (Wildman–Crippen MR) is 85.1 cm³/mol. The second-order valence-electron chi connectivity index (χ2n) is 5.44. The zero-order valence-electron chi connectivity index (χ0n) is 12.5. The Bertz CT molecular complexity index is 559. The summed E-state index contributed by atoms with van der Waals surface area (Å²) in [4.78, 5) is 24.7. The van der Waals surface area contributed by atoms with Gasteiger partial charge in [-0.05, 0) is 24.9 Å². The summed E-state index contributed by atoms with van der Waals surface area (Å²) in [5.74, 6) is 0.0197. The average molecular weight is 326 g/mol. The molecule has 0 aliphatic carbocycles. The van der Waals surface area contributed by atoms with Crippen LogP contribution in [0.15, 0.2) is 18.2 Å². The van der Waals surface area contributed by atoms with Crippen molar-refractivity contribution in [2.45, 2.75) is 32.2 Å². The van der Waals surface area contributed by atoms with Crippen molar-refractivity contribution < 1.29 is 9.72 Å². The molecule has 1 atom stereocenters. The number of nitro benzene ring substituents is 1. The van der Waals surface area contributed by atoms with Crippen LogP contribution in [0.25, 0.3) is 0 Å². The molecule has 6 nitrogen and oxygen atoms in total. The minimum absolute atomic E-state index is 0.0197. The van der Waals surface area contributed by atoms with E-state index in [4.69, 9.17) is 11.6 Å². The molecule has 0 bridgehead atoms. The van der Waals surface area contributed by atoms with Crippen molar-refractivity contribution in [3.8, 4) is 0 Å². The van der Waals surface area contributed by atoms with E-state index < -0.39 is 4.92 Å². The molecule has 0 aromatic heterocycles. The summed E-state index contributed by atoms with van der Waals surface area (Å²) < 4.78 is 0. The second-order valence-corrected chi connectivity index (χ2v) is 5.85. The standard InChI is InChI=1S/C15H20ClN3O3/c1-2-7-18(13-5-6-17-10-13)15(20)8-11-3-4-12(19(21)22)9-14(11)16/h3-4,9,13,17H,2,5-8,10H2,1H3. The largest absolute Gasteiger partial charge is 0.338 e. The number of halogens is 1. The Morgan fingerprint density at radius 3 is 2.86 bits per heavy atom. The first-order valence-corrected chi connectivity index (χ1v) is 7.83. The zero-order valence-corrected chi connectivity index (χ0v) is 13.3. The summed E-state index contributed by atoms with van der Waals surface area (Å²) in [6, 6.07) is 4.47. The first kappa shape index (κ1) is 16.7. The third-order valence-electron chi connectivity index (χ3n) is 3.85. The Balaban J connectivity index is 2.10. The highest BCUT2D eigenvalue weighted by Crippen LogP contribution is 2.24. The van der Waals surface area contributed by atoms with Gasteiger partial charge in [0.05, 0.1) is 16.4 Å². The van der Waals surface area contributed by atoms with Gasteiger partial charge in [0.1, 0.15) is 0 Å². The lowest BCUT2D eigenvalue weighted by atomic mass is 10.1. The number of non-ortho nitro benzene ring substituents is 1. The number of amides is 1. The molecule has 7 heteroatoms. The van der Waals surface area contributed by atoms with Gasteiger partial charge >= 0.3 is 0 Å². The van der Waals surface area contributed by atoms with Gasteiger partial charge in [0, 0.05) is 31.3 Å². The lowest BCUT2D eigenvalue weighted by molar-refractivity contribution is -0.384. The van der Waals surface area contributed by atoms with Crippen LogP contribution in [0.5, 0.6) is 0 Å². The smallest absolute Gasteiger partial charge is 0.270 e. The van der Waals surface area contributed by atoms with Crippen LogP contribution < -0.4 is 5.32 Å². The van der Waals surface area contributed by atoms with Gasteiger partial charge in [-0.25, -0.2) is 0 Å². The second kappa shape index (κ2) is 7.56. The van der Waals surface area contributed by atoms with Crippen molar-refractivity contribution in [2.24, 2.45) is 0 Å². The average Bonchev–Trinajstić information content (AvgIpc) is 3.00. The van der Waals surface area contributed by atoms with Gasteiger partial charge in [0.15, 0.2) is 0 Å². The topological polar surface area (TPSA) is 75.5 Å². The predicted octanol–water partition coefficient (Wildman–Crippen LogP) is 2.39. The van der Waals surface area contributed by atoms with Crippen LogP contribution in [-0.2, 0) is 11.2 Å². The molecule has 1 heterocycles. The summed E-state index contributed by atoms with van der Waals surface area (Å²) in [7, 11) is 0. The molecular formula is C15H20ClN3O3. The Morgan fingerprint density at radius 2 is 2.32 bits per heavy atom. The summed E-state index contributed by atoms with van der Waals surface area (Å²) in [5, 5.41) is 14.3. The Hall–Kier alpha value is -1.66. The molecule has 1 aromatic rings. The van der Waals surface area contributed by atoms with Crippen molar-refractivity contribution in [1.29, 1.82) is 0 Å². The molecular weight excluding hydrogens is 306 g/mol. The molecule has 1 saturated heterocycles. The number of hydrogen-bond acceptors (Lipinski definition) is 4. The minimum Gasteiger partial charge on any atom is -0.338 e. The number of carbonyl (C=O) groups excluding carboxylic acids is 1. The number of carbonyl (C=O) groups is 1. The number of nitrogens with zero attached hydrogens (tertiary/aromatic N) is 2. The number of benzene rings is 1. The molecule has 1 amide bonds. The Kier molecular flexibility index (Phi) is 5.74. The summed E-state index contributed by atoms with van der Waals surface area (Å²) in [5.41, 5.74) is 0.566. The van der Waals surface area contributed by atoms with Crippen LogP contribution in [0.4, 0.5) is 5.69 Å². The quantitative estimate of drug-likeness (QED) is 0.643. The lowest BCUT2D eigenvalue weighted by Gasteiger charge is -2.28. The van der Waals surface area contributed by atoms with Gasteiger partial charge in [-0.2, -0.15) is 0 Å². The van der Waals surface area contributed by atoms with Crippen LogP contribution in [0.2, 0.25) is 5.02 Å². The SMILES string of the molecule is CCCN(C(=O)Cc1ccc([N+](=O)[O-])cc1Cl)C1CCNC1. The first-order valence-electron chi connectivity index (χ1n) is 7.46. The van der Waals surface area contributed by atoms with Gasteiger partial charge in [-0.1, -0.05) is 24.6 Å². The molecule has 1 unspecified atom stereocenters. The molecule has 1 aliphatic heterocycles. The molecule has 2 rings (SSSR count). The molecule has 22 heavy (non-hydrogen) atoms. The van der Waals surface area contributed by atoms with Crippen molar-refractivity contribution in [3.05, 3.63) is 38.9 Å². The molecule has 1 aromatic carbocycles. The van der Waals surface area contributed by atoms with E-state index in [9.17, 15) is 14.9 Å².